The molecule has 1 aliphatic rings. The van der Waals surface area contributed by atoms with Gasteiger partial charge in [-0.15, -0.1) is 0 Å². The summed E-state index contributed by atoms with van der Waals surface area (Å²) in [6, 6.07) is 8.64. The molecule has 1 N–H and O–H groups in total. The number of nitrogens with zero attached hydrogens (tertiary/aromatic N) is 3. The quantitative estimate of drug-likeness (QED) is 0.813. The molecule has 0 spiro atoms. The number of rotatable bonds is 7. The summed E-state index contributed by atoms with van der Waals surface area (Å²) in [5.74, 6) is -0.150. The van der Waals surface area contributed by atoms with Crippen molar-refractivity contribution in [3.8, 4) is 0 Å². The normalized spacial score (nSPS) is 18.2. The molecule has 1 atom stereocenters. The van der Waals surface area contributed by atoms with Gasteiger partial charge in [-0.05, 0) is 37.1 Å². The Morgan fingerprint density at radius 3 is 2.76 bits per heavy atom. The predicted molar refractivity (Wildman–Crippen MR) is 93.9 cm³/mol. The van der Waals surface area contributed by atoms with E-state index in [9.17, 15) is 12.8 Å². The maximum absolute atomic E-state index is 13.1. The maximum Gasteiger partial charge on any atom is 0.211 e. The molecule has 1 aromatic heterocycles. The molecule has 25 heavy (non-hydrogen) atoms. The first-order valence-electron chi connectivity index (χ1n) is 8.43. The lowest BCUT2D eigenvalue weighted by Gasteiger charge is -2.34. The molecular formula is C17H23FN4O2S. The van der Waals surface area contributed by atoms with Crippen molar-refractivity contribution in [1.29, 1.82) is 0 Å². The molecule has 0 radical (unpaired) electrons. The van der Waals surface area contributed by atoms with Crippen molar-refractivity contribution in [2.24, 2.45) is 0 Å². The van der Waals surface area contributed by atoms with Crippen LogP contribution in [0.4, 0.5) is 4.39 Å². The molecule has 136 valence electrons. The minimum absolute atomic E-state index is 0.0847. The van der Waals surface area contributed by atoms with Gasteiger partial charge in [-0.2, -0.15) is 5.10 Å². The molecule has 2 heterocycles. The van der Waals surface area contributed by atoms with Gasteiger partial charge >= 0.3 is 0 Å². The van der Waals surface area contributed by atoms with Gasteiger partial charge in [0.05, 0.1) is 17.5 Å². The highest BCUT2D eigenvalue weighted by atomic mass is 32.2. The summed E-state index contributed by atoms with van der Waals surface area (Å²) < 4.78 is 40.9. The zero-order chi connectivity index (χ0) is 17.9. The van der Waals surface area contributed by atoms with E-state index in [2.05, 4.69) is 14.7 Å². The van der Waals surface area contributed by atoms with Crippen molar-refractivity contribution in [2.75, 3.05) is 18.8 Å². The second kappa shape index (κ2) is 7.63. The van der Waals surface area contributed by atoms with E-state index in [-0.39, 0.29) is 17.6 Å². The SMILES string of the molecule is CCS(=O)(=O)NCCC1CN(Cc2ccc(F)cc2)Cc2ccnn21. The Bertz CT molecular complexity index is 804. The Morgan fingerprint density at radius 1 is 1.28 bits per heavy atom. The zero-order valence-electron chi connectivity index (χ0n) is 14.2. The molecule has 6 nitrogen and oxygen atoms in total. The van der Waals surface area contributed by atoms with Crippen molar-refractivity contribution in [2.45, 2.75) is 32.5 Å². The maximum atomic E-state index is 13.1. The standard InChI is InChI=1S/C17H23FN4O2S/c1-2-25(23,24)20-10-8-17-13-21(12-16-7-9-19-22(16)17)11-14-3-5-15(18)6-4-14/h3-7,9,17,20H,2,8,10-13H2,1H3. The first-order valence-corrected chi connectivity index (χ1v) is 10.1. The van der Waals surface area contributed by atoms with Gasteiger partial charge in [0.2, 0.25) is 10.0 Å². The molecule has 1 unspecified atom stereocenters. The highest BCUT2D eigenvalue weighted by Gasteiger charge is 2.25. The number of aromatic nitrogens is 2. The Morgan fingerprint density at radius 2 is 2.04 bits per heavy atom. The van der Waals surface area contributed by atoms with Crippen LogP contribution in [0.15, 0.2) is 36.5 Å². The summed E-state index contributed by atoms with van der Waals surface area (Å²) in [4.78, 5) is 2.28. The number of benzene rings is 1. The molecule has 0 fully saturated rings. The molecule has 0 amide bonds. The molecule has 0 saturated heterocycles. The van der Waals surface area contributed by atoms with E-state index in [1.165, 1.54) is 12.1 Å². The van der Waals surface area contributed by atoms with E-state index in [1.54, 1.807) is 25.3 Å². The molecule has 1 aromatic carbocycles. The Labute approximate surface area is 147 Å². The zero-order valence-corrected chi connectivity index (χ0v) is 15.0. The summed E-state index contributed by atoms with van der Waals surface area (Å²) in [6.07, 6.45) is 2.45. The average Bonchev–Trinajstić information content (AvgIpc) is 3.05. The van der Waals surface area contributed by atoms with Crippen LogP contribution in [-0.2, 0) is 23.1 Å². The van der Waals surface area contributed by atoms with Gasteiger partial charge in [0.25, 0.3) is 0 Å². The molecule has 0 aliphatic carbocycles. The third-order valence-electron chi connectivity index (χ3n) is 4.45. The summed E-state index contributed by atoms with van der Waals surface area (Å²) in [5.41, 5.74) is 2.16. The Kier molecular flexibility index (Phi) is 5.51. The average molecular weight is 366 g/mol. The van der Waals surface area contributed by atoms with Gasteiger partial charge in [-0.1, -0.05) is 12.1 Å². The van der Waals surface area contributed by atoms with Crippen LogP contribution in [0.3, 0.4) is 0 Å². The fraction of sp³-hybridized carbons (Fsp3) is 0.471. The van der Waals surface area contributed by atoms with E-state index in [0.29, 0.717) is 13.0 Å². The largest absolute Gasteiger partial charge is 0.291 e. The topological polar surface area (TPSA) is 67.2 Å². The van der Waals surface area contributed by atoms with Crippen LogP contribution in [0, 0.1) is 5.82 Å². The van der Waals surface area contributed by atoms with E-state index >= 15 is 0 Å². The lowest BCUT2D eigenvalue weighted by molar-refractivity contribution is 0.162. The van der Waals surface area contributed by atoms with Crippen molar-refractivity contribution >= 4 is 10.0 Å². The third kappa shape index (κ3) is 4.65. The number of nitrogens with one attached hydrogen (secondary N) is 1. The molecule has 1 aliphatic heterocycles. The van der Waals surface area contributed by atoms with Crippen molar-refractivity contribution in [3.63, 3.8) is 0 Å². The smallest absolute Gasteiger partial charge is 0.211 e. The summed E-state index contributed by atoms with van der Waals surface area (Å²) in [5, 5.41) is 4.39. The van der Waals surface area contributed by atoms with Crippen molar-refractivity contribution < 1.29 is 12.8 Å². The summed E-state index contributed by atoms with van der Waals surface area (Å²) >= 11 is 0. The van der Waals surface area contributed by atoms with Crippen molar-refractivity contribution in [1.82, 2.24) is 19.4 Å². The Hall–Kier alpha value is -1.77. The summed E-state index contributed by atoms with van der Waals surface area (Å²) in [6.45, 7) is 4.29. The van der Waals surface area contributed by atoms with Crippen LogP contribution < -0.4 is 4.72 Å². The van der Waals surface area contributed by atoms with Gasteiger partial charge < -0.3 is 0 Å². The van der Waals surface area contributed by atoms with E-state index in [4.69, 9.17) is 0 Å². The highest BCUT2D eigenvalue weighted by molar-refractivity contribution is 7.89. The van der Waals surface area contributed by atoms with Gasteiger partial charge in [-0.3, -0.25) is 9.58 Å². The minimum Gasteiger partial charge on any atom is -0.291 e. The summed E-state index contributed by atoms with van der Waals surface area (Å²) in [7, 11) is -3.18. The van der Waals surface area contributed by atoms with Gasteiger partial charge in [-0.25, -0.2) is 17.5 Å². The van der Waals surface area contributed by atoms with Gasteiger partial charge in [0.15, 0.2) is 0 Å². The second-order valence-corrected chi connectivity index (χ2v) is 8.40. The fourth-order valence-electron chi connectivity index (χ4n) is 3.13. The van der Waals surface area contributed by atoms with E-state index in [0.717, 1.165) is 30.9 Å². The van der Waals surface area contributed by atoms with Crippen LogP contribution in [-0.4, -0.2) is 41.9 Å². The number of fused-ring (bicyclic) bond motifs is 1. The minimum atomic E-state index is -3.18. The molecule has 0 saturated carbocycles. The van der Waals surface area contributed by atoms with Crippen LogP contribution >= 0.6 is 0 Å². The molecule has 8 heteroatoms. The first-order chi connectivity index (χ1) is 12.0. The number of hydrogen-bond donors (Lipinski definition) is 1. The van der Waals surface area contributed by atoms with E-state index in [1.807, 2.05) is 10.7 Å². The number of sulfonamides is 1. The molecule has 3 rings (SSSR count). The molecular weight excluding hydrogens is 343 g/mol. The monoisotopic (exact) mass is 366 g/mol. The van der Waals surface area contributed by atoms with Gasteiger partial charge in [0.1, 0.15) is 5.82 Å². The second-order valence-electron chi connectivity index (χ2n) is 6.30. The van der Waals surface area contributed by atoms with Crippen LogP contribution in [0.25, 0.3) is 0 Å². The predicted octanol–water partition coefficient (Wildman–Crippen LogP) is 1.91. The highest BCUT2D eigenvalue weighted by Crippen LogP contribution is 2.24. The molecule has 2 aromatic rings. The van der Waals surface area contributed by atoms with Crippen LogP contribution in [0.2, 0.25) is 0 Å². The van der Waals surface area contributed by atoms with Crippen LogP contribution in [0.5, 0.6) is 0 Å². The number of hydrogen-bond acceptors (Lipinski definition) is 4. The molecule has 0 bridgehead atoms. The third-order valence-corrected chi connectivity index (χ3v) is 5.86. The first kappa shape index (κ1) is 18.0. The lowest BCUT2D eigenvalue weighted by atomic mass is 10.1. The van der Waals surface area contributed by atoms with Crippen LogP contribution in [0.1, 0.15) is 30.6 Å². The Balaban J connectivity index is 1.65. The number of halogens is 1. The lowest BCUT2D eigenvalue weighted by Crippen LogP contribution is -2.39. The van der Waals surface area contributed by atoms with Gasteiger partial charge in [0, 0.05) is 32.4 Å². The van der Waals surface area contributed by atoms with Crippen molar-refractivity contribution in [3.05, 3.63) is 53.6 Å². The van der Waals surface area contributed by atoms with E-state index < -0.39 is 10.0 Å². The fourth-order valence-corrected chi connectivity index (χ4v) is 3.76.